The molecule has 0 radical (unpaired) electrons. The van der Waals surface area contributed by atoms with Gasteiger partial charge in [-0.1, -0.05) is 0 Å². The fourth-order valence-corrected chi connectivity index (χ4v) is 6.42. The minimum atomic E-state index is -0.377. The monoisotopic (exact) mass is 557 g/mol. The van der Waals surface area contributed by atoms with Crippen LogP contribution in [0.3, 0.4) is 0 Å². The third-order valence-electron chi connectivity index (χ3n) is 8.66. The van der Waals surface area contributed by atoms with E-state index in [1.165, 1.54) is 10.6 Å². The van der Waals surface area contributed by atoms with Gasteiger partial charge in [-0.2, -0.15) is 10.5 Å². The predicted molar refractivity (Wildman–Crippen MR) is 157 cm³/mol. The summed E-state index contributed by atoms with van der Waals surface area (Å²) in [6.45, 7) is 5.13. The standard InChI is InChI=1S/C31H36FN7O2/c1-20-15-21(32)5-11-27(20)39(19-25-18-36(2)13-14-41-25)24-9-7-23(8-10-24)37(3)30-26(17-34)31(40)38(4)28-12-6-22(16-33)35-29(28)30/h5-6,11-12,15,23-25H,7-10,13-14,18-19H2,1-4H3. The zero-order valence-electron chi connectivity index (χ0n) is 24.1. The molecular weight excluding hydrogens is 521 g/mol. The van der Waals surface area contributed by atoms with E-state index in [0.29, 0.717) is 23.3 Å². The number of fused-ring (bicyclic) bond motifs is 1. The minimum Gasteiger partial charge on any atom is -0.374 e. The molecule has 1 unspecified atom stereocenters. The third kappa shape index (κ3) is 5.63. The molecule has 2 aromatic heterocycles. The zero-order valence-corrected chi connectivity index (χ0v) is 24.1. The van der Waals surface area contributed by atoms with Gasteiger partial charge in [0.15, 0.2) is 0 Å². The van der Waals surface area contributed by atoms with Gasteiger partial charge in [-0.3, -0.25) is 4.79 Å². The number of morpholine rings is 1. The Morgan fingerprint density at radius 1 is 1.10 bits per heavy atom. The molecule has 1 atom stereocenters. The molecule has 0 N–H and O–H groups in total. The molecule has 41 heavy (non-hydrogen) atoms. The molecular formula is C31H36FN7O2. The number of nitriles is 2. The van der Waals surface area contributed by atoms with Crippen molar-refractivity contribution in [1.29, 1.82) is 10.5 Å². The summed E-state index contributed by atoms with van der Waals surface area (Å²) >= 11 is 0. The van der Waals surface area contributed by atoms with Crippen molar-refractivity contribution < 1.29 is 9.13 Å². The van der Waals surface area contributed by atoms with E-state index in [0.717, 1.165) is 56.6 Å². The van der Waals surface area contributed by atoms with E-state index < -0.39 is 0 Å². The average Bonchev–Trinajstić information content (AvgIpc) is 2.97. The molecule has 3 aromatic rings. The molecule has 5 rings (SSSR count). The number of halogens is 1. The number of rotatable bonds is 6. The topological polar surface area (TPSA) is 101 Å². The van der Waals surface area contributed by atoms with Crippen LogP contribution < -0.4 is 15.4 Å². The summed E-state index contributed by atoms with van der Waals surface area (Å²) in [7, 11) is 5.64. The number of aryl methyl sites for hydroxylation is 2. The highest BCUT2D eigenvalue weighted by Gasteiger charge is 2.33. The average molecular weight is 558 g/mol. The lowest BCUT2D eigenvalue weighted by Crippen LogP contribution is -2.50. The maximum atomic E-state index is 14.0. The first-order valence-corrected chi connectivity index (χ1v) is 14.1. The maximum absolute atomic E-state index is 14.0. The second kappa shape index (κ2) is 11.9. The Kier molecular flexibility index (Phi) is 8.25. The number of ether oxygens (including phenoxy) is 1. The molecule has 3 heterocycles. The first-order chi connectivity index (χ1) is 19.7. The Morgan fingerprint density at radius 3 is 2.49 bits per heavy atom. The molecule has 0 bridgehead atoms. The van der Waals surface area contributed by atoms with Crippen molar-refractivity contribution in [1.82, 2.24) is 14.5 Å². The number of pyridine rings is 2. The van der Waals surface area contributed by atoms with Gasteiger partial charge in [0.05, 0.1) is 23.9 Å². The molecule has 1 aliphatic heterocycles. The van der Waals surface area contributed by atoms with E-state index in [1.807, 2.05) is 24.9 Å². The molecule has 1 aliphatic carbocycles. The first-order valence-electron chi connectivity index (χ1n) is 14.1. The quantitative estimate of drug-likeness (QED) is 0.452. The minimum absolute atomic E-state index is 0.0364. The number of anilines is 2. The van der Waals surface area contributed by atoms with Gasteiger partial charge in [0.2, 0.25) is 0 Å². The summed E-state index contributed by atoms with van der Waals surface area (Å²) in [5, 5.41) is 19.5. The second-order valence-electron chi connectivity index (χ2n) is 11.3. The van der Waals surface area contributed by atoms with Crippen molar-refractivity contribution in [2.45, 2.75) is 50.8 Å². The van der Waals surface area contributed by atoms with Crippen LogP contribution in [0.25, 0.3) is 11.0 Å². The van der Waals surface area contributed by atoms with Crippen molar-refractivity contribution in [3.05, 3.63) is 63.3 Å². The molecule has 214 valence electrons. The number of hydrogen-bond donors (Lipinski definition) is 0. The highest BCUT2D eigenvalue weighted by atomic mass is 19.1. The van der Waals surface area contributed by atoms with E-state index in [1.54, 1.807) is 25.2 Å². The molecule has 9 nitrogen and oxygen atoms in total. The van der Waals surface area contributed by atoms with Crippen LogP contribution in [-0.2, 0) is 11.8 Å². The highest BCUT2D eigenvalue weighted by molar-refractivity contribution is 5.92. The lowest BCUT2D eigenvalue weighted by Gasteiger charge is -2.44. The third-order valence-corrected chi connectivity index (χ3v) is 8.66. The summed E-state index contributed by atoms with van der Waals surface area (Å²) in [5.41, 5.74) is 3.37. The van der Waals surface area contributed by atoms with E-state index in [2.05, 4.69) is 34.0 Å². The molecule has 2 aliphatic rings. The maximum Gasteiger partial charge on any atom is 0.270 e. The summed E-state index contributed by atoms with van der Waals surface area (Å²) in [5.74, 6) is -0.243. The van der Waals surface area contributed by atoms with Gasteiger partial charge < -0.3 is 24.0 Å². The lowest BCUT2D eigenvalue weighted by atomic mass is 9.88. The van der Waals surface area contributed by atoms with Crippen LogP contribution >= 0.6 is 0 Å². The van der Waals surface area contributed by atoms with E-state index in [9.17, 15) is 19.7 Å². The number of nitrogens with zero attached hydrogens (tertiary/aromatic N) is 7. The Bertz CT molecular complexity index is 1580. The normalized spacial score (nSPS) is 21.3. The van der Waals surface area contributed by atoms with Gasteiger partial charge in [-0.15, -0.1) is 0 Å². The Morgan fingerprint density at radius 2 is 1.83 bits per heavy atom. The second-order valence-corrected chi connectivity index (χ2v) is 11.3. The van der Waals surface area contributed by atoms with Crippen molar-refractivity contribution in [2.24, 2.45) is 7.05 Å². The number of likely N-dealkylation sites (N-methyl/N-ethyl adjacent to an activating group) is 1. The van der Waals surface area contributed by atoms with Gasteiger partial charge in [0.25, 0.3) is 5.56 Å². The van der Waals surface area contributed by atoms with Gasteiger partial charge in [-0.05, 0) is 75.5 Å². The first kappa shape index (κ1) is 28.5. The Balaban J connectivity index is 1.43. The predicted octanol–water partition coefficient (Wildman–Crippen LogP) is 3.71. The number of benzene rings is 1. The lowest BCUT2D eigenvalue weighted by molar-refractivity contribution is -0.0159. The molecule has 1 aromatic carbocycles. The number of aromatic nitrogens is 2. The molecule has 0 spiro atoms. The van der Waals surface area contributed by atoms with E-state index in [-0.39, 0.29) is 40.8 Å². The van der Waals surface area contributed by atoms with Gasteiger partial charge in [0.1, 0.15) is 34.7 Å². The Hall–Kier alpha value is -3.99. The van der Waals surface area contributed by atoms with Gasteiger partial charge in [-0.25, -0.2) is 9.37 Å². The van der Waals surface area contributed by atoms with E-state index >= 15 is 0 Å². The largest absolute Gasteiger partial charge is 0.374 e. The van der Waals surface area contributed by atoms with E-state index in [4.69, 9.17) is 4.74 Å². The SMILES string of the molecule is Cc1cc(F)ccc1N(CC1CN(C)CCO1)C1CCC(N(C)c2c(C#N)c(=O)n(C)c3ccc(C#N)nc23)CC1. The molecule has 2 fully saturated rings. The fourth-order valence-electron chi connectivity index (χ4n) is 6.42. The molecule has 1 saturated heterocycles. The van der Waals surface area contributed by atoms with Crippen LogP contribution in [0, 0.1) is 35.4 Å². The van der Waals surface area contributed by atoms with Crippen molar-refractivity contribution in [3.63, 3.8) is 0 Å². The van der Waals surface area contributed by atoms with Gasteiger partial charge >= 0.3 is 0 Å². The molecule has 10 heteroatoms. The van der Waals surface area contributed by atoms with Crippen LogP contribution in [0.4, 0.5) is 15.8 Å². The molecule has 1 saturated carbocycles. The smallest absolute Gasteiger partial charge is 0.270 e. The van der Waals surface area contributed by atoms with Crippen LogP contribution in [-0.4, -0.2) is 73.0 Å². The van der Waals surface area contributed by atoms with Crippen LogP contribution in [0.15, 0.2) is 35.1 Å². The Labute approximate surface area is 240 Å². The summed E-state index contributed by atoms with van der Waals surface area (Å²) < 4.78 is 21.6. The van der Waals surface area contributed by atoms with Crippen molar-refractivity contribution in [3.8, 4) is 12.1 Å². The van der Waals surface area contributed by atoms with Crippen molar-refractivity contribution in [2.75, 3.05) is 50.1 Å². The van der Waals surface area contributed by atoms with Crippen molar-refractivity contribution >= 4 is 22.4 Å². The summed E-state index contributed by atoms with van der Waals surface area (Å²) in [4.78, 5) is 24.3. The van der Waals surface area contributed by atoms with Gasteiger partial charge in [0, 0.05) is 51.5 Å². The highest BCUT2D eigenvalue weighted by Crippen LogP contribution is 2.35. The zero-order chi connectivity index (χ0) is 29.3. The summed E-state index contributed by atoms with van der Waals surface area (Å²) in [6, 6.07) is 12.8. The van der Waals surface area contributed by atoms with Crippen LogP contribution in [0.2, 0.25) is 0 Å². The fraction of sp³-hybridized carbons (Fsp3) is 0.484. The molecule has 0 amide bonds. The summed E-state index contributed by atoms with van der Waals surface area (Å²) in [6.07, 6.45) is 3.50. The number of hydrogen-bond acceptors (Lipinski definition) is 8. The van der Waals surface area contributed by atoms with Crippen LogP contribution in [0.5, 0.6) is 0 Å². The van der Waals surface area contributed by atoms with Crippen LogP contribution in [0.1, 0.15) is 42.5 Å².